The maximum atomic E-state index is 13.6. The van der Waals surface area contributed by atoms with Crippen LogP contribution in [-0.4, -0.2) is 22.6 Å². The minimum absolute atomic E-state index is 0.296. The molecule has 0 spiro atoms. The molecule has 14 heavy (non-hydrogen) atoms. The van der Waals surface area contributed by atoms with Crippen LogP contribution in [-0.2, 0) is 0 Å². The summed E-state index contributed by atoms with van der Waals surface area (Å²) in [4.78, 5) is 0. The summed E-state index contributed by atoms with van der Waals surface area (Å²) >= 11 is 0. The highest BCUT2D eigenvalue weighted by molar-refractivity contribution is 4.99. The Hall–Kier alpha value is -0.320. The first-order valence-electron chi connectivity index (χ1n) is 4.54. The van der Waals surface area contributed by atoms with E-state index in [1.807, 2.05) is 0 Å². The van der Waals surface area contributed by atoms with E-state index in [-0.39, 0.29) is 6.42 Å². The van der Waals surface area contributed by atoms with E-state index in [1.165, 1.54) is 0 Å². The number of alkyl halides is 4. The van der Waals surface area contributed by atoms with Crippen molar-refractivity contribution in [2.24, 2.45) is 0 Å². The largest absolute Gasteiger partial charge is 0.420 e. The van der Waals surface area contributed by atoms with Crippen LogP contribution in [0.3, 0.4) is 0 Å². The predicted molar refractivity (Wildman–Crippen MR) is 45.7 cm³/mol. The van der Waals surface area contributed by atoms with E-state index >= 15 is 0 Å². The van der Waals surface area contributed by atoms with E-state index in [1.54, 1.807) is 6.92 Å². The molecule has 1 N–H and O–H groups in total. The van der Waals surface area contributed by atoms with E-state index in [9.17, 15) is 17.6 Å². The number of hydrogen-bond donors (Lipinski definition) is 1. The van der Waals surface area contributed by atoms with Gasteiger partial charge in [-0.05, 0) is 20.3 Å². The topological polar surface area (TPSA) is 20.2 Å². The molecule has 0 heterocycles. The van der Waals surface area contributed by atoms with Crippen molar-refractivity contribution < 1.29 is 22.7 Å². The standard InChI is InChI=1S/C9H16F4O/c1-4-5-6-7(2,10)8(3,14)9(11,12)13/h14H,4-6H2,1-3H3. The van der Waals surface area contributed by atoms with Crippen LogP contribution in [0.1, 0.15) is 40.0 Å². The van der Waals surface area contributed by atoms with Gasteiger partial charge in [0.05, 0.1) is 0 Å². The van der Waals surface area contributed by atoms with E-state index in [2.05, 4.69) is 0 Å². The lowest BCUT2D eigenvalue weighted by atomic mass is 9.83. The zero-order valence-electron chi connectivity index (χ0n) is 8.58. The van der Waals surface area contributed by atoms with Gasteiger partial charge in [-0.2, -0.15) is 13.2 Å². The quantitative estimate of drug-likeness (QED) is 0.715. The molecule has 0 radical (unpaired) electrons. The van der Waals surface area contributed by atoms with Crippen LogP contribution in [0, 0.1) is 0 Å². The molecule has 0 saturated carbocycles. The molecule has 0 rings (SSSR count). The first-order valence-corrected chi connectivity index (χ1v) is 4.54. The Morgan fingerprint density at radius 2 is 1.50 bits per heavy atom. The minimum Gasteiger partial charge on any atom is -0.378 e. The van der Waals surface area contributed by atoms with Gasteiger partial charge in [-0.1, -0.05) is 19.8 Å². The fraction of sp³-hybridized carbons (Fsp3) is 1.00. The van der Waals surface area contributed by atoms with Crippen molar-refractivity contribution in [3.63, 3.8) is 0 Å². The van der Waals surface area contributed by atoms with Gasteiger partial charge in [0.25, 0.3) is 0 Å². The van der Waals surface area contributed by atoms with Crippen LogP contribution in [0.5, 0.6) is 0 Å². The summed E-state index contributed by atoms with van der Waals surface area (Å²) in [7, 11) is 0. The molecule has 0 saturated heterocycles. The Kier molecular flexibility index (Phi) is 3.95. The van der Waals surface area contributed by atoms with Crippen molar-refractivity contribution in [1.82, 2.24) is 0 Å². The summed E-state index contributed by atoms with van der Waals surface area (Å²) in [6.07, 6.45) is -4.33. The van der Waals surface area contributed by atoms with Crippen LogP contribution in [0.2, 0.25) is 0 Å². The Morgan fingerprint density at radius 1 is 1.07 bits per heavy atom. The second-order valence-electron chi connectivity index (χ2n) is 3.87. The molecule has 5 heteroatoms. The summed E-state index contributed by atoms with van der Waals surface area (Å²) in [6, 6.07) is 0. The van der Waals surface area contributed by atoms with Gasteiger partial charge in [0.2, 0.25) is 0 Å². The highest BCUT2D eigenvalue weighted by Gasteiger charge is 2.61. The fourth-order valence-electron chi connectivity index (χ4n) is 1.05. The predicted octanol–water partition coefficient (Wildman–Crippen LogP) is 3.22. The summed E-state index contributed by atoms with van der Waals surface area (Å²) in [5.41, 5.74) is -5.92. The zero-order chi connectivity index (χ0) is 11.6. The Balaban J connectivity index is 4.69. The molecule has 0 amide bonds. The average molecular weight is 216 g/mol. The van der Waals surface area contributed by atoms with Gasteiger partial charge in [0.15, 0.2) is 5.60 Å². The molecule has 0 aliphatic heterocycles. The Labute approximate surface area is 81.1 Å². The van der Waals surface area contributed by atoms with Gasteiger partial charge in [0.1, 0.15) is 5.67 Å². The van der Waals surface area contributed by atoms with Gasteiger partial charge in [-0.25, -0.2) is 4.39 Å². The molecule has 2 atom stereocenters. The Morgan fingerprint density at radius 3 is 1.79 bits per heavy atom. The van der Waals surface area contributed by atoms with Crippen molar-refractivity contribution in [3.05, 3.63) is 0 Å². The number of halogens is 4. The van der Waals surface area contributed by atoms with Gasteiger partial charge >= 0.3 is 6.18 Å². The maximum Gasteiger partial charge on any atom is 0.420 e. The molecular weight excluding hydrogens is 200 g/mol. The summed E-state index contributed by atoms with van der Waals surface area (Å²) in [6.45, 7) is 3.01. The summed E-state index contributed by atoms with van der Waals surface area (Å²) in [5, 5.41) is 9.11. The normalized spacial score (nSPS) is 21.4. The number of rotatable bonds is 4. The molecular formula is C9H16F4O. The van der Waals surface area contributed by atoms with E-state index in [0.29, 0.717) is 19.8 Å². The molecule has 0 aliphatic carbocycles. The second-order valence-corrected chi connectivity index (χ2v) is 3.87. The number of unbranched alkanes of at least 4 members (excludes halogenated alkanes) is 1. The second kappa shape index (κ2) is 4.04. The molecule has 1 nitrogen and oxygen atoms in total. The molecule has 0 aromatic heterocycles. The van der Waals surface area contributed by atoms with Gasteiger partial charge in [-0.3, -0.25) is 0 Å². The molecule has 0 aromatic carbocycles. The Bertz CT molecular complexity index is 184. The molecule has 0 aromatic rings. The third-order valence-electron chi connectivity index (χ3n) is 2.57. The van der Waals surface area contributed by atoms with E-state index in [4.69, 9.17) is 5.11 Å². The molecule has 0 bridgehead atoms. The minimum atomic E-state index is -4.94. The van der Waals surface area contributed by atoms with Gasteiger partial charge < -0.3 is 5.11 Å². The molecule has 0 aliphatic rings. The average Bonchev–Trinajstić information content (AvgIpc) is 1.98. The highest BCUT2D eigenvalue weighted by atomic mass is 19.4. The van der Waals surface area contributed by atoms with Crippen molar-refractivity contribution in [1.29, 1.82) is 0 Å². The first-order chi connectivity index (χ1) is 6.06. The van der Waals surface area contributed by atoms with Crippen molar-refractivity contribution >= 4 is 0 Å². The maximum absolute atomic E-state index is 13.6. The first kappa shape index (κ1) is 13.7. The van der Waals surface area contributed by atoms with Crippen molar-refractivity contribution in [3.8, 4) is 0 Å². The van der Waals surface area contributed by atoms with Gasteiger partial charge in [-0.15, -0.1) is 0 Å². The monoisotopic (exact) mass is 216 g/mol. The number of hydrogen-bond acceptors (Lipinski definition) is 1. The van der Waals surface area contributed by atoms with Crippen LogP contribution in [0.25, 0.3) is 0 Å². The fourth-order valence-corrected chi connectivity index (χ4v) is 1.05. The lowest BCUT2D eigenvalue weighted by Gasteiger charge is -2.37. The van der Waals surface area contributed by atoms with Gasteiger partial charge in [0, 0.05) is 0 Å². The molecule has 0 fully saturated rings. The highest BCUT2D eigenvalue weighted by Crippen LogP contribution is 2.42. The molecule has 2 unspecified atom stereocenters. The van der Waals surface area contributed by atoms with E-state index < -0.39 is 17.4 Å². The lowest BCUT2D eigenvalue weighted by molar-refractivity contribution is -0.294. The zero-order valence-corrected chi connectivity index (χ0v) is 8.58. The summed E-state index contributed by atoms with van der Waals surface area (Å²) in [5.74, 6) is 0. The SMILES string of the molecule is CCCCC(C)(F)C(C)(O)C(F)(F)F. The third kappa shape index (κ3) is 2.59. The van der Waals surface area contributed by atoms with Crippen LogP contribution >= 0.6 is 0 Å². The number of aliphatic hydroxyl groups is 1. The van der Waals surface area contributed by atoms with Crippen molar-refractivity contribution in [2.45, 2.75) is 57.5 Å². The smallest absolute Gasteiger partial charge is 0.378 e. The van der Waals surface area contributed by atoms with Crippen LogP contribution in [0.15, 0.2) is 0 Å². The third-order valence-corrected chi connectivity index (χ3v) is 2.57. The van der Waals surface area contributed by atoms with Crippen molar-refractivity contribution in [2.75, 3.05) is 0 Å². The van der Waals surface area contributed by atoms with Crippen LogP contribution < -0.4 is 0 Å². The lowest BCUT2D eigenvalue weighted by Crippen LogP contribution is -2.57. The molecule has 86 valence electrons. The van der Waals surface area contributed by atoms with Crippen LogP contribution in [0.4, 0.5) is 17.6 Å². The van der Waals surface area contributed by atoms with E-state index in [0.717, 1.165) is 6.92 Å². The summed E-state index contributed by atoms with van der Waals surface area (Å²) < 4.78 is 50.4.